The van der Waals surface area contributed by atoms with Gasteiger partial charge in [0, 0.05) is 25.5 Å². The second kappa shape index (κ2) is 6.76. The van der Waals surface area contributed by atoms with Gasteiger partial charge < -0.3 is 0 Å². The molecule has 0 radical (unpaired) electrons. The fourth-order valence-corrected chi connectivity index (χ4v) is 3.95. The van der Waals surface area contributed by atoms with E-state index in [-0.39, 0.29) is 11.2 Å². The highest BCUT2D eigenvalue weighted by atomic mass is 16.2. The Morgan fingerprint density at radius 2 is 1.83 bits per heavy atom. The zero-order valence-corrected chi connectivity index (χ0v) is 17.9. The molecular weight excluding hydrogens is 366 g/mol. The van der Waals surface area contributed by atoms with Crippen LogP contribution in [0.2, 0.25) is 0 Å². The zero-order valence-electron chi connectivity index (χ0n) is 17.9. The maximum Gasteiger partial charge on any atom is 0.332 e. The molecule has 0 spiro atoms. The third-order valence-corrected chi connectivity index (χ3v) is 5.55. The van der Waals surface area contributed by atoms with Crippen molar-refractivity contribution in [3.05, 3.63) is 62.1 Å². The van der Waals surface area contributed by atoms with Crippen molar-refractivity contribution in [2.75, 3.05) is 0 Å². The molecule has 0 unspecified atom stereocenters. The minimum Gasteiger partial charge on any atom is -0.283 e. The molecule has 4 rings (SSSR count). The van der Waals surface area contributed by atoms with E-state index in [9.17, 15) is 9.59 Å². The summed E-state index contributed by atoms with van der Waals surface area (Å²) >= 11 is 0. The topological polar surface area (TPSA) is 66.2 Å². The molecule has 7 heteroatoms. The molecular formula is C22H27N5O2. The Labute approximate surface area is 168 Å². The minimum absolute atomic E-state index is 0.283. The standard InChI is InChI=1S/C22H27N5O2/c1-13(2)9-10-25-20(28)18-19(24(6)22(25)29)23-21-26(18)12-16(5)27(21)17-8-7-14(3)11-15(17)4/h7-8,11-13H,9-10H2,1-6H3. The highest BCUT2D eigenvalue weighted by Crippen LogP contribution is 2.23. The summed E-state index contributed by atoms with van der Waals surface area (Å²) in [5.41, 5.74) is 4.56. The van der Waals surface area contributed by atoms with E-state index in [2.05, 4.69) is 45.9 Å². The van der Waals surface area contributed by atoms with E-state index in [4.69, 9.17) is 4.98 Å². The van der Waals surface area contributed by atoms with Crippen LogP contribution in [0.25, 0.3) is 22.6 Å². The van der Waals surface area contributed by atoms with Crippen molar-refractivity contribution in [3.8, 4) is 5.69 Å². The number of imidazole rings is 2. The number of nitrogens with zero attached hydrogens (tertiary/aromatic N) is 5. The van der Waals surface area contributed by atoms with E-state index < -0.39 is 0 Å². The first-order valence-electron chi connectivity index (χ1n) is 9.98. The first-order valence-corrected chi connectivity index (χ1v) is 9.98. The molecule has 0 bridgehead atoms. The molecule has 0 aliphatic heterocycles. The number of aryl methyl sites for hydroxylation is 4. The van der Waals surface area contributed by atoms with Gasteiger partial charge in [-0.25, -0.2) is 4.79 Å². The van der Waals surface area contributed by atoms with Gasteiger partial charge in [0.1, 0.15) is 0 Å². The first kappa shape index (κ1) is 19.2. The average molecular weight is 393 g/mol. The van der Waals surface area contributed by atoms with Gasteiger partial charge in [0.05, 0.1) is 5.69 Å². The Balaban J connectivity index is 2.05. The Kier molecular flexibility index (Phi) is 4.48. The van der Waals surface area contributed by atoms with Crippen molar-refractivity contribution in [2.24, 2.45) is 13.0 Å². The average Bonchev–Trinajstić information content (AvgIpc) is 3.15. The van der Waals surface area contributed by atoms with Crippen molar-refractivity contribution < 1.29 is 0 Å². The number of aromatic nitrogens is 5. The van der Waals surface area contributed by atoms with E-state index >= 15 is 0 Å². The monoisotopic (exact) mass is 393 g/mol. The summed E-state index contributed by atoms with van der Waals surface area (Å²) in [5, 5.41) is 0. The highest BCUT2D eigenvalue weighted by Gasteiger charge is 2.21. The molecule has 0 saturated carbocycles. The van der Waals surface area contributed by atoms with E-state index in [1.807, 2.05) is 22.1 Å². The molecule has 29 heavy (non-hydrogen) atoms. The Bertz CT molecular complexity index is 1360. The van der Waals surface area contributed by atoms with Gasteiger partial charge in [-0.2, -0.15) is 4.98 Å². The van der Waals surface area contributed by atoms with Gasteiger partial charge in [-0.05, 0) is 44.7 Å². The summed E-state index contributed by atoms with van der Waals surface area (Å²) in [4.78, 5) is 30.7. The van der Waals surface area contributed by atoms with Gasteiger partial charge in [-0.3, -0.25) is 22.9 Å². The Morgan fingerprint density at radius 3 is 2.48 bits per heavy atom. The molecule has 0 atom stereocenters. The summed E-state index contributed by atoms with van der Waals surface area (Å²) in [6.07, 6.45) is 2.69. The number of rotatable bonds is 4. The third kappa shape index (κ3) is 2.92. The maximum absolute atomic E-state index is 13.2. The molecule has 4 aromatic rings. The van der Waals surface area contributed by atoms with Gasteiger partial charge in [0.25, 0.3) is 5.56 Å². The molecule has 0 fully saturated rings. The SMILES string of the molecule is Cc1ccc(-n2c(C)cn3c4c(=O)n(CCC(C)C)c(=O)n(C)c4nc23)c(C)c1. The lowest BCUT2D eigenvalue weighted by Crippen LogP contribution is -2.39. The Hall–Kier alpha value is -3.09. The number of fused-ring (bicyclic) bond motifs is 3. The van der Waals surface area contributed by atoms with Crippen LogP contribution in [0, 0.1) is 26.7 Å². The summed E-state index contributed by atoms with van der Waals surface area (Å²) < 4.78 is 6.67. The van der Waals surface area contributed by atoms with Crippen LogP contribution in [-0.4, -0.2) is 23.1 Å². The number of hydrogen-bond acceptors (Lipinski definition) is 3. The van der Waals surface area contributed by atoms with Crippen molar-refractivity contribution in [1.29, 1.82) is 0 Å². The van der Waals surface area contributed by atoms with Crippen LogP contribution in [0.1, 0.15) is 37.1 Å². The minimum atomic E-state index is -0.321. The third-order valence-electron chi connectivity index (χ3n) is 5.55. The van der Waals surface area contributed by atoms with Crippen LogP contribution in [-0.2, 0) is 13.6 Å². The lowest BCUT2D eigenvalue weighted by Gasteiger charge is -2.10. The van der Waals surface area contributed by atoms with Gasteiger partial charge in [0.2, 0.25) is 5.78 Å². The highest BCUT2D eigenvalue weighted by molar-refractivity contribution is 5.76. The maximum atomic E-state index is 13.2. The Morgan fingerprint density at radius 1 is 1.10 bits per heavy atom. The molecule has 0 amide bonds. The number of hydrogen-bond donors (Lipinski definition) is 0. The first-order chi connectivity index (χ1) is 13.7. The van der Waals surface area contributed by atoms with Gasteiger partial charge in [-0.1, -0.05) is 31.5 Å². The molecule has 1 aromatic carbocycles. The van der Waals surface area contributed by atoms with Crippen LogP contribution in [0.15, 0.2) is 34.0 Å². The van der Waals surface area contributed by atoms with Gasteiger partial charge in [0.15, 0.2) is 11.2 Å². The lowest BCUT2D eigenvalue weighted by molar-refractivity contribution is 0.488. The van der Waals surface area contributed by atoms with Gasteiger partial charge in [-0.15, -0.1) is 0 Å². The largest absolute Gasteiger partial charge is 0.332 e. The zero-order chi connectivity index (χ0) is 21.0. The van der Waals surface area contributed by atoms with Crippen molar-refractivity contribution in [2.45, 2.75) is 47.6 Å². The van der Waals surface area contributed by atoms with Gasteiger partial charge >= 0.3 is 5.69 Å². The molecule has 0 saturated heterocycles. The summed E-state index contributed by atoms with van der Waals surface area (Å²) in [7, 11) is 1.68. The molecule has 3 heterocycles. The van der Waals surface area contributed by atoms with Crippen LogP contribution in [0.4, 0.5) is 0 Å². The van der Waals surface area contributed by atoms with E-state index in [0.717, 1.165) is 23.4 Å². The molecule has 7 nitrogen and oxygen atoms in total. The lowest BCUT2D eigenvalue weighted by atomic mass is 10.1. The smallest absolute Gasteiger partial charge is 0.283 e. The molecule has 0 aliphatic carbocycles. The second-order valence-corrected chi connectivity index (χ2v) is 8.33. The van der Waals surface area contributed by atoms with Crippen molar-refractivity contribution in [1.82, 2.24) is 23.1 Å². The van der Waals surface area contributed by atoms with E-state index in [0.29, 0.717) is 29.4 Å². The normalized spacial score (nSPS) is 12.0. The van der Waals surface area contributed by atoms with Crippen molar-refractivity contribution in [3.63, 3.8) is 0 Å². The second-order valence-electron chi connectivity index (χ2n) is 8.33. The predicted molar refractivity (Wildman–Crippen MR) is 115 cm³/mol. The predicted octanol–water partition coefficient (Wildman–Crippen LogP) is 3.11. The van der Waals surface area contributed by atoms with Crippen molar-refractivity contribution >= 4 is 16.9 Å². The van der Waals surface area contributed by atoms with Crippen LogP contribution in [0.3, 0.4) is 0 Å². The van der Waals surface area contributed by atoms with E-state index in [1.165, 1.54) is 14.7 Å². The molecule has 0 aliphatic rings. The van der Waals surface area contributed by atoms with Crippen LogP contribution >= 0.6 is 0 Å². The summed E-state index contributed by atoms with van der Waals surface area (Å²) in [6.45, 7) is 10.7. The van der Waals surface area contributed by atoms with Crippen LogP contribution in [0.5, 0.6) is 0 Å². The quantitative estimate of drug-likeness (QED) is 0.535. The van der Waals surface area contributed by atoms with Crippen LogP contribution < -0.4 is 11.2 Å². The molecule has 152 valence electrons. The molecule has 3 aromatic heterocycles. The molecule has 0 N–H and O–H groups in total. The fourth-order valence-electron chi connectivity index (χ4n) is 3.95. The van der Waals surface area contributed by atoms with E-state index in [1.54, 1.807) is 7.05 Å². The number of benzene rings is 1. The summed E-state index contributed by atoms with van der Waals surface area (Å²) in [5.74, 6) is 1.04. The summed E-state index contributed by atoms with van der Waals surface area (Å²) in [6, 6.07) is 6.26. The fraction of sp³-hybridized carbons (Fsp3) is 0.409.